The second-order valence-corrected chi connectivity index (χ2v) is 12.3. The molecule has 2 atom stereocenters. The van der Waals surface area contributed by atoms with Gasteiger partial charge in [-0.1, -0.05) is 53.4 Å². The number of hydrogen-bond acceptors (Lipinski definition) is 8. The maximum Gasteiger partial charge on any atom is 0.246 e. The van der Waals surface area contributed by atoms with Crippen LogP contribution in [0.15, 0.2) is 59.9 Å². The standard InChI is InChI=1S/C31H35N9O4S/c1-20-9-10-23-24(14-20)35-31(34-23)45-19-28(42)38-12-13-40-26(18-38)29(43)32-16-22-17-39(37-36-22)11-5-8-27(41)33-25(30(40)44)15-21-6-3-2-4-7-21/h2-4,6-7,9-10,14,17,25-26H,5,8,11-13,15-16,18-19H2,1H3,(H,32,43)(H,33,41)(H,34,35)/t25-,26+/m0/s1. The summed E-state index contributed by atoms with van der Waals surface area (Å²) in [5.74, 6) is -1.06. The highest BCUT2D eigenvalue weighted by atomic mass is 32.2. The Morgan fingerprint density at radius 3 is 2.76 bits per heavy atom. The Morgan fingerprint density at radius 1 is 1.07 bits per heavy atom. The zero-order valence-electron chi connectivity index (χ0n) is 24.9. The van der Waals surface area contributed by atoms with E-state index in [1.165, 1.54) is 16.7 Å². The van der Waals surface area contributed by atoms with E-state index in [-0.39, 0.29) is 62.5 Å². The Hall–Kier alpha value is -4.72. The van der Waals surface area contributed by atoms with Crippen molar-refractivity contribution in [3.63, 3.8) is 0 Å². The predicted octanol–water partition coefficient (Wildman–Crippen LogP) is 1.43. The zero-order chi connectivity index (χ0) is 31.3. The predicted molar refractivity (Wildman–Crippen MR) is 167 cm³/mol. The van der Waals surface area contributed by atoms with Crippen LogP contribution in [0.25, 0.3) is 11.0 Å². The number of rotatable bonds is 5. The Morgan fingerprint density at radius 2 is 1.91 bits per heavy atom. The lowest BCUT2D eigenvalue weighted by atomic mass is 10.0. The number of piperazine rings is 1. The van der Waals surface area contributed by atoms with Crippen molar-refractivity contribution in [2.24, 2.45) is 0 Å². The highest BCUT2D eigenvalue weighted by molar-refractivity contribution is 7.99. The molecule has 2 aliphatic heterocycles. The molecule has 14 heteroatoms. The summed E-state index contributed by atoms with van der Waals surface area (Å²) in [4.78, 5) is 65.0. The average Bonchev–Trinajstić information content (AvgIpc) is 3.67. The van der Waals surface area contributed by atoms with E-state index in [4.69, 9.17) is 0 Å². The van der Waals surface area contributed by atoms with Crippen LogP contribution in [-0.4, -0.2) is 95.9 Å². The largest absolute Gasteiger partial charge is 0.348 e. The van der Waals surface area contributed by atoms with Crippen molar-refractivity contribution in [2.75, 3.05) is 25.4 Å². The molecule has 2 aromatic heterocycles. The number of benzene rings is 2. The van der Waals surface area contributed by atoms with Crippen LogP contribution in [0.4, 0.5) is 0 Å². The average molecular weight is 630 g/mol. The fraction of sp³-hybridized carbons (Fsp3) is 0.387. The Kier molecular flexibility index (Phi) is 9.10. The molecule has 3 N–H and O–H groups in total. The molecule has 1 saturated heterocycles. The highest BCUT2D eigenvalue weighted by Crippen LogP contribution is 2.22. The molecule has 4 aromatic rings. The molecule has 0 spiro atoms. The molecule has 0 aliphatic carbocycles. The van der Waals surface area contributed by atoms with Crippen molar-refractivity contribution in [1.82, 2.24) is 45.4 Å². The SMILES string of the molecule is Cc1ccc2nc(SCC(=O)N3CCN4C(=O)[C@H](Cc5ccccc5)NC(=O)CCCn5cc(nn5)CNC(=O)[C@H]4C3)[nH]c2c1. The van der Waals surface area contributed by atoms with Crippen molar-refractivity contribution in [2.45, 2.75) is 56.5 Å². The maximum absolute atomic E-state index is 14.1. The van der Waals surface area contributed by atoms with Gasteiger partial charge in [-0.25, -0.2) is 4.98 Å². The first-order valence-electron chi connectivity index (χ1n) is 15.0. The lowest BCUT2D eigenvalue weighted by Gasteiger charge is -2.42. The summed E-state index contributed by atoms with van der Waals surface area (Å²) in [5.41, 5.74) is 4.28. The first-order chi connectivity index (χ1) is 21.8. The summed E-state index contributed by atoms with van der Waals surface area (Å²) in [5, 5.41) is 14.6. The molecule has 2 aromatic carbocycles. The molecular weight excluding hydrogens is 594 g/mol. The zero-order valence-corrected chi connectivity index (χ0v) is 25.8. The molecule has 2 aliphatic rings. The molecule has 45 heavy (non-hydrogen) atoms. The van der Waals surface area contributed by atoms with Gasteiger partial charge in [0.2, 0.25) is 23.6 Å². The van der Waals surface area contributed by atoms with E-state index in [1.54, 1.807) is 15.8 Å². The summed E-state index contributed by atoms with van der Waals surface area (Å²) >= 11 is 1.30. The third-order valence-electron chi connectivity index (χ3n) is 8.00. The number of aromatic amines is 1. The maximum atomic E-state index is 14.1. The third-order valence-corrected chi connectivity index (χ3v) is 8.86. The lowest BCUT2D eigenvalue weighted by molar-refractivity contribution is -0.149. The van der Waals surface area contributed by atoms with Gasteiger partial charge in [0.1, 0.15) is 17.8 Å². The number of aryl methyl sites for hydroxylation is 2. The van der Waals surface area contributed by atoms with Crippen LogP contribution in [0.3, 0.4) is 0 Å². The van der Waals surface area contributed by atoms with Crippen molar-refractivity contribution in [1.29, 1.82) is 0 Å². The number of carbonyl (C=O) groups is 4. The van der Waals surface area contributed by atoms with E-state index in [1.807, 2.05) is 55.5 Å². The van der Waals surface area contributed by atoms with Gasteiger partial charge in [-0.05, 0) is 36.6 Å². The van der Waals surface area contributed by atoms with E-state index in [0.29, 0.717) is 23.8 Å². The van der Waals surface area contributed by atoms with Gasteiger partial charge in [0.05, 0.1) is 36.1 Å². The fourth-order valence-corrected chi connectivity index (χ4v) is 6.42. The van der Waals surface area contributed by atoms with Crippen LogP contribution in [0.1, 0.15) is 29.7 Å². The van der Waals surface area contributed by atoms with Crippen LogP contribution < -0.4 is 10.6 Å². The quantitative estimate of drug-likeness (QED) is 0.280. The topological polar surface area (TPSA) is 158 Å². The van der Waals surface area contributed by atoms with Gasteiger partial charge in [0.25, 0.3) is 0 Å². The first-order valence-corrected chi connectivity index (χ1v) is 16.0. The number of aromatic nitrogens is 5. The molecule has 0 radical (unpaired) electrons. The van der Waals surface area contributed by atoms with Crippen molar-refractivity contribution in [3.8, 4) is 0 Å². The number of hydrogen-bond donors (Lipinski definition) is 3. The van der Waals surface area contributed by atoms with Crippen molar-refractivity contribution < 1.29 is 19.2 Å². The summed E-state index contributed by atoms with van der Waals surface area (Å²) in [6, 6.07) is 13.6. The van der Waals surface area contributed by atoms with Gasteiger partial charge in [0, 0.05) is 32.5 Å². The number of thioether (sulfide) groups is 1. The number of amides is 4. The van der Waals surface area contributed by atoms with Crippen LogP contribution in [-0.2, 0) is 38.7 Å². The van der Waals surface area contributed by atoms with E-state index in [0.717, 1.165) is 22.2 Å². The Bertz CT molecular complexity index is 1710. The number of nitrogens with zero attached hydrogens (tertiary/aromatic N) is 6. The van der Waals surface area contributed by atoms with E-state index < -0.39 is 18.0 Å². The second-order valence-electron chi connectivity index (χ2n) is 11.3. The van der Waals surface area contributed by atoms with Crippen LogP contribution in [0, 0.1) is 6.92 Å². The van der Waals surface area contributed by atoms with Gasteiger partial charge in [-0.3, -0.25) is 23.9 Å². The van der Waals surface area contributed by atoms with E-state index >= 15 is 0 Å². The Balaban J connectivity index is 1.20. The molecule has 2 bridgehead atoms. The molecule has 234 valence electrons. The number of nitrogens with one attached hydrogen (secondary N) is 3. The number of imidazole rings is 1. The summed E-state index contributed by atoms with van der Waals surface area (Å²) in [6.07, 6.45) is 2.73. The summed E-state index contributed by atoms with van der Waals surface area (Å²) in [6.45, 7) is 3.03. The normalized spacial score (nSPS) is 19.8. The molecule has 0 unspecified atom stereocenters. The minimum Gasteiger partial charge on any atom is -0.348 e. The molecule has 4 heterocycles. The molecular formula is C31H35N9O4S. The molecule has 4 amide bonds. The van der Waals surface area contributed by atoms with Gasteiger partial charge in [-0.15, -0.1) is 5.10 Å². The van der Waals surface area contributed by atoms with E-state index in [9.17, 15) is 19.2 Å². The monoisotopic (exact) mass is 629 g/mol. The van der Waals surface area contributed by atoms with Gasteiger partial charge < -0.3 is 25.4 Å². The first kappa shape index (κ1) is 30.3. The van der Waals surface area contributed by atoms with E-state index in [2.05, 4.69) is 30.9 Å². The van der Waals surface area contributed by atoms with Crippen molar-refractivity contribution >= 4 is 46.4 Å². The molecule has 1 fully saturated rings. The van der Waals surface area contributed by atoms with Gasteiger partial charge in [0.15, 0.2) is 5.16 Å². The molecule has 13 nitrogen and oxygen atoms in total. The van der Waals surface area contributed by atoms with Crippen LogP contribution in [0.5, 0.6) is 0 Å². The minimum atomic E-state index is -0.954. The highest BCUT2D eigenvalue weighted by Gasteiger charge is 2.39. The number of fused-ring (bicyclic) bond motifs is 4. The Labute approximate surface area is 264 Å². The number of H-pyrrole nitrogens is 1. The third kappa shape index (κ3) is 7.33. The van der Waals surface area contributed by atoms with Gasteiger partial charge in [-0.2, -0.15) is 0 Å². The second kappa shape index (κ2) is 13.5. The minimum absolute atomic E-state index is 0.0228. The molecule has 0 saturated carbocycles. The van der Waals surface area contributed by atoms with Crippen LogP contribution >= 0.6 is 11.8 Å². The smallest absolute Gasteiger partial charge is 0.246 e. The lowest BCUT2D eigenvalue weighted by Crippen LogP contribution is -2.64. The van der Waals surface area contributed by atoms with Gasteiger partial charge >= 0.3 is 0 Å². The summed E-state index contributed by atoms with van der Waals surface area (Å²) < 4.78 is 1.63. The molecule has 6 rings (SSSR count). The van der Waals surface area contributed by atoms with Crippen molar-refractivity contribution in [3.05, 3.63) is 71.5 Å². The summed E-state index contributed by atoms with van der Waals surface area (Å²) in [7, 11) is 0. The number of carbonyl (C=O) groups excluding carboxylic acids is 4. The fourth-order valence-electron chi connectivity index (χ4n) is 5.63. The van der Waals surface area contributed by atoms with Crippen LogP contribution in [0.2, 0.25) is 0 Å².